The topological polar surface area (TPSA) is 84.2 Å². The van der Waals surface area contributed by atoms with Gasteiger partial charge in [-0.1, -0.05) is 24.3 Å². The second kappa shape index (κ2) is 9.06. The molecule has 2 amide bonds. The predicted octanol–water partition coefficient (Wildman–Crippen LogP) is 5.60. The van der Waals surface area contributed by atoms with Crippen LogP contribution in [-0.4, -0.2) is 16.8 Å². The molecule has 0 radical (unpaired) electrons. The first-order valence-electron chi connectivity index (χ1n) is 9.02. The number of hydrogen-bond acceptors (Lipinski definition) is 5. The molecule has 8 heteroatoms. The maximum atomic E-state index is 12.4. The van der Waals surface area contributed by atoms with Crippen molar-refractivity contribution in [2.75, 3.05) is 10.6 Å². The summed E-state index contributed by atoms with van der Waals surface area (Å²) in [5.41, 5.74) is 3.14. The highest BCUT2D eigenvalue weighted by Crippen LogP contribution is 2.24. The van der Waals surface area contributed by atoms with E-state index in [1.54, 1.807) is 53.9 Å². The maximum Gasteiger partial charge on any atom is 0.291 e. The predicted molar refractivity (Wildman–Crippen MR) is 121 cm³/mol. The molecule has 0 saturated heterocycles. The molecule has 150 valence electrons. The van der Waals surface area contributed by atoms with Gasteiger partial charge in [0.15, 0.2) is 10.4 Å². The van der Waals surface area contributed by atoms with Crippen LogP contribution in [0.3, 0.4) is 0 Å². The van der Waals surface area contributed by atoms with E-state index in [4.69, 9.17) is 4.42 Å². The zero-order chi connectivity index (χ0) is 20.9. The van der Waals surface area contributed by atoms with Crippen LogP contribution >= 0.6 is 27.3 Å². The maximum absolute atomic E-state index is 12.4. The van der Waals surface area contributed by atoms with Gasteiger partial charge in [-0.05, 0) is 57.9 Å². The van der Waals surface area contributed by atoms with E-state index < -0.39 is 0 Å². The number of rotatable bonds is 6. The van der Waals surface area contributed by atoms with Crippen LogP contribution in [0, 0.1) is 0 Å². The number of carbonyl (C=O) groups is 2. The van der Waals surface area contributed by atoms with Gasteiger partial charge in [-0.15, -0.1) is 11.3 Å². The Morgan fingerprint density at radius 3 is 2.53 bits per heavy atom. The van der Waals surface area contributed by atoms with Crippen molar-refractivity contribution in [1.82, 2.24) is 4.98 Å². The number of anilines is 2. The molecule has 0 unspecified atom stereocenters. The molecule has 0 atom stereocenters. The van der Waals surface area contributed by atoms with Crippen molar-refractivity contribution >= 4 is 50.5 Å². The quantitative estimate of drug-likeness (QED) is 0.375. The summed E-state index contributed by atoms with van der Waals surface area (Å²) in [5.74, 6) is -0.250. The van der Waals surface area contributed by atoms with Crippen molar-refractivity contribution in [2.45, 2.75) is 6.42 Å². The molecule has 30 heavy (non-hydrogen) atoms. The second-order valence-corrected chi connectivity index (χ2v) is 8.07. The summed E-state index contributed by atoms with van der Waals surface area (Å²) >= 11 is 4.72. The highest BCUT2D eigenvalue weighted by atomic mass is 79.9. The molecule has 4 aromatic rings. The average Bonchev–Trinajstić information content (AvgIpc) is 3.42. The summed E-state index contributed by atoms with van der Waals surface area (Å²) in [6, 6.07) is 18.0. The van der Waals surface area contributed by atoms with Crippen molar-refractivity contribution in [3.8, 4) is 10.6 Å². The SMILES string of the molecule is O=C(Cc1ccc(NC(=O)c2ccc(Br)o2)cc1)Nc1cccc(-c2nccs2)c1. The molecule has 0 aliphatic carbocycles. The third-order valence-electron chi connectivity index (χ3n) is 4.20. The van der Waals surface area contributed by atoms with Crippen LogP contribution in [0.5, 0.6) is 0 Å². The number of benzene rings is 2. The number of thiazole rings is 1. The van der Waals surface area contributed by atoms with Gasteiger partial charge >= 0.3 is 0 Å². The van der Waals surface area contributed by atoms with E-state index in [0.717, 1.165) is 21.8 Å². The molecule has 0 aliphatic rings. The Balaban J connectivity index is 1.35. The molecule has 0 bridgehead atoms. The zero-order valence-electron chi connectivity index (χ0n) is 15.6. The number of amides is 2. The van der Waals surface area contributed by atoms with Crippen LogP contribution in [-0.2, 0) is 11.2 Å². The minimum absolute atomic E-state index is 0.122. The molecule has 4 rings (SSSR count). The first-order valence-corrected chi connectivity index (χ1v) is 10.7. The first-order chi connectivity index (χ1) is 14.6. The van der Waals surface area contributed by atoms with Gasteiger partial charge in [-0.2, -0.15) is 0 Å². The monoisotopic (exact) mass is 481 g/mol. The summed E-state index contributed by atoms with van der Waals surface area (Å²) in [7, 11) is 0. The van der Waals surface area contributed by atoms with E-state index in [9.17, 15) is 9.59 Å². The van der Waals surface area contributed by atoms with Gasteiger partial charge in [0.05, 0.1) is 6.42 Å². The third kappa shape index (κ3) is 5.03. The van der Waals surface area contributed by atoms with Crippen molar-refractivity contribution in [1.29, 1.82) is 0 Å². The van der Waals surface area contributed by atoms with E-state index in [-0.39, 0.29) is 24.0 Å². The molecule has 6 nitrogen and oxygen atoms in total. The Hall–Kier alpha value is -3.23. The Morgan fingerprint density at radius 2 is 1.83 bits per heavy atom. The van der Waals surface area contributed by atoms with Gasteiger partial charge in [0.1, 0.15) is 5.01 Å². The molecule has 0 saturated carbocycles. The van der Waals surface area contributed by atoms with E-state index in [0.29, 0.717) is 10.4 Å². The second-order valence-electron chi connectivity index (χ2n) is 6.40. The van der Waals surface area contributed by atoms with Gasteiger partial charge in [0.2, 0.25) is 5.91 Å². The minimum Gasteiger partial charge on any atom is -0.444 e. The molecular weight excluding hydrogens is 466 g/mol. The van der Waals surface area contributed by atoms with Gasteiger partial charge in [-0.25, -0.2) is 4.98 Å². The highest BCUT2D eigenvalue weighted by molar-refractivity contribution is 9.10. The lowest BCUT2D eigenvalue weighted by molar-refractivity contribution is -0.115. The summed E-state index contributed by atoms with van der Waals surface area (Å²) in [6.07, 6.45) is 1.98. The van der Waals surface area contributed by atoms with Gasteiger partial charge < -0.3 is 15.1 Å². The normalized spacial score (nSPS) is 10.6. The molecule has 2 heterocycles. The van der Waals surface area contributed by atoms with Gasteiger partial charge in [0.25, 0.3) is 5.91 Å². The van der Waals surface area contributed by atoms with Gasteiger partial charge in [0, 0.05) is 28.5 Å². The van der Waals surface area contributed by atoms with Crippen molar-refractivity contribution < 1.29 is 14.0 Å². The fraction of sp³-hybridized carbons (Fsp3) is 0.0455. The number of halogens is 1. The molecular formula is C22H16BrN3O3S. The van der Waals surface area contributed by atoms with Crippen LogP contribution < -0.4 is 10.6 Å². The lowest BCUT2D eigenvalue weighted by Crippen LogP contribution is -2.14. The molecule has 0 spiro atoms. The largest absolute Gasteiger partial charge is 0.444 e. The minimum atomic E-state index is -0.341. The summed E-state index contributed by atoms with van der Waals surface area (Å²) in [5, 5.41) is 8.49. The number of aromatic nitrogens is 1. The Bertz CT molecular complexity index is 1170. The van der Waals surface area contributed by atoms with Crippen molar-refractivity contribution in [3.05, 3.63) is 88.2 Å². The van der Waals surface area contributed by atoms with E-state index in [2.05, 4.69) is 31.5 Å². The van der Waals surface area contributed by atoms with E-state index in [1.165, 1.54) is 0 Å². The Kier molecular flexibility index (Phi) is 6.06. The number of nitrogens with zero attached hydrogens (tertiary/aromatic N) is 1. The third-order valence-corrected chi connectivity index (χ3v) is 5.45. The number of furan rings is 1. The molecule has 0 fully saturated rings. The van der Waals surface area contributed by atoms with E-state index in [1.807, 2.05) is 29.6 Å². The fourth-order valence-electron chi connectivity index (χ4n) is 2.82. The number of carbonyl (C=O) groups excluding carboxylic acids is 2. The average molecular weight is 482 g/mol. The lowest BCUT2D eigenvalue weighted by atomic mass is 10.1. The zero-order valence-corrected chi connectivity index (χ0v) is 18.0. The van der Waals surface area contributed by atoms with Crippen LogP contribution in [0.4, 0.5) is 11.4 Å². The van der Waals surface area contributed by atoms with Crippen LogP contribution in [0.2, 0.25) is 0 Å². The summed E-state index contributed by atoms with van der Waals surface area (Å²) in [4.78, 5) is 28.8. The summed E-state index contributed by atoms with van der Waals surface area (Å²) < 4.78 is 5.72. The Labute approximate surface area is 185 Å². The van der Waals surface area contributed by atoms with Crippen molar-refractivity contribution in [3.63, 3.8) is 0 Å². The molecule has 0 aliphatic heterocycles. The summed E-state index contributed by atoms with van der Waals surface area (Å²) in [6.45, 7) is 0. The van der Waals surface area contributed by atoms with Crippen LogP contribution in [0.1, 0.15) is 16.1 Å². The number of nitrogens with one attached hydrogen (secondary N) is 2. The molecule has 2 aromatic carbocycles. The Morgan fingerprint density at radius 1 is 1.00 bits per heavy atom. The molecule has 2 N–H and O–H groups in total. The molecule has 2 aromatic heterocycles. The van der Waals surface area contributed by atoms with Gasteiger partial charge in [-0.3, -0.25) is 9.59 Å². The lowest BCUT2D eigenvalue weighted by Gasteiger charge is -2.08. The van der Waals surface area contributed by atoms with E-state index >= 15 is 0 Å². The van der Waals surface area contributed by atoms with Crippen molar-refractivity contribution in [2.24, 2.45) is 0 Å². The number of hydrogen-bond donors (Lipinski definition) is 2. The first kappa shape index (κ1) is 20.1. The van der Waals surface area contributed by atoms with Crippen LogP contribution in [0.15, 0.2) is 81.3 Å². The standard InChI is InChI=1S/C22H16BrN3O3S/c23-19-9-8-18(29-19)21(28)26-16-6-4-14(5-7-16)12-20(27)25-17-3-1-2-15(13-17)22-24-10-11-30-22/h1-11,13H,12H2,(H,25,27)(H,26,28). The van der Waals surface area contributed by atoms with Crippen LogP contribution in [0.25, 0.3) is 10.6 Å². The highest BCUT2D eigenvalue weighted by Gasteiger charge is 2.11. The fourth-order valence-corrected chi connectivity index (χ4v) is 3.76. The smallest absolute Gasteiger partial charge is 0.291 e.